The van der Waals surface area contributed by atoms with Crippen LogP contribution in [0.15, 0.2) is 6.20 Å². The van der Waals surface area contributed by atoms with Gasteiger partial charge in [-0.2, -0.15) is 5.10 Å². The molecule has 20 heavy (non-hydrogen) atoms. The zero-order valence-electron chi connectivity index (χ0n) is 12.1. The number of nitrogens with one attached hydrogen (secondary N) is 3. The fraction of sp³-hybridized carbons (Fsp3) is 0.714. The zero-order valence-corrected chi connectivity index (χ0v) is 12.1. The molecule has 2 rings (SSSR count). The predicted molar refractivity (Wildman–Crippen MR) is 76.4 cm³/mol. The van der Waals surface area contributed by atoms with E-state index in [0.29, 0.717) is 6.54 Å². The van der Waals surface area contributed by atoms with E-state index in [2.05, 4.69) is 20.8 Å². The number of amides is 2. The van der Waals surface area contributed by atoms with Crippen LogP contribution in [0.2, 0.25) is 0 Å². The van der Waals surface area contributed by atoms with Crippen LogP contribution in [0.5, 0.6) is 0 Å². The highest BCUT2D eigenvalue weighted by Crippen LogP contribution is 2.18. The number of aliphatic hydroxyl groups is 1. The van der Waals surface area contributed by atoms with E-state index in [1.807, 2.05) is 20.0 Å². The molecule has 0 saturated carbocycles. The van der Waals surface area contributed by atoms with Gasteiger partial charge < -0.3 is 15.7 Å². The zero-order chi connectivity index (χ0) is 14.5. The summed E-state index contributed by atoms with van der Waals surface area (Å²) in [5, 5.41) is 22.5. The number of aryl methyl sites for hydroxylation is 1. The van der Waals surface area contributed by atoms with Gasteiger partial charge in [0, 0.05) is 18.3 Å². The monoisotopic (exact) mass is 280 g/mol. The van der Waals surface area contributed by atoms with Crippen molar-refractivity contribution in [3.8, 4) is 0 Å². The Balaban J connectivity index is 1.73. The topological polar surface area (TPSA) is 90.0 Å². The van der Waals surface area contributed by atoms with Gasteiger partial charge in [0.25, 0.3) is 0 Å². The van der Waals surface area contributed by atoms with Gasteiger partial charge in [-0.1, -0.05) is 20.3 Å². The highest BCUT2D eigenvalue weighted by molar-refractivity contribution is 5.74. The van der Waals surface area contributed by atoms with Gasteiger partial charge in [-0.05, 0) is 30.7 Å². The molecule has 112 valence electrons. The van der Waals surface area contributed by atoms with Crippen LogP contribution >= 0.6 is 0 Å². The van der Waals surface area contributed by atoms with Crippen molar-refractivity contribution in [3.05, 3.63) is 17.5 Å². The third-order valence-corrected chi connectivity index (χ3v) is 4.12. The smallest absolute Gasteiger partial charge is 0.315 e. The SMILES string of the molecule is CCC(C)C(O)CNC(=O)NC1CCc2[nH]ncc2C1. The molecule has 0 bridgehead atoms. The molecule has 1 aromatic rings. The van der Waals surface area contributed by atoms with E-state index < -0.39 is 6.10 Å². The Bertz CT molecular complexity index is 446. The van der Waals surface area contributed by atoms with Gasteiger partial charge in [0.15, 0.2) is 0 Å². The number of carbonyl (C=O) groups is 1. The van der Waals surface area contributed by atoms with E-state index in [-0.39, 0.29) is 18.0 Å². The summed E-state index contributed by atoms with van der Waals surface area (Å²) in [5.41, 5.74) is 2.36. The molecule has 3 unspecified atom stereocenters. The maximum absolute atomic E-state index is 11.8. The number of hydrogen-bond donors (Lipinski definition) is 4. The summed E-state index contributed by atoms with van der Waals surface area (Å²) in [6.07, 6.45) is 4.88. The van der Waals surface area contributed by atoms with E-state index in [0.717, 1.165) is 25.7 Å². The van der Waals surface area contributed by atoms with E-state index in [4.69, 9.17) is 0 Å². The lowest BCUT2D eigenvalue weighted by atomic mass is 9.94. The summed E-state index contributed by atoms with van der Waals surface area (Å²) < 4.78 is 0. The van der Waals surface area contributed by atoms with Crippen LogP contribution in [-0.4, -0.2) is 40.0 Å². The molecule has 1 heterocycles. The minimum atomic E-state index is -0.488. The Morgan fingerprint density at radius 3 is 3.20 bits per heavy atom. The number of rotatable bonds is 5. The van der Waals surface area contributed by atoms with Gasteiger partial charge in [0.1, 0.15) is 0 Å². The van der Waals surface area contributed by atoms with Gasteiger partial charge in [-0.25, -0.2) is 4.79 Å². The fourth-order valence-electron chi connectivity index (χ4n) is 2.45. The van der Waals surface area contributed by atoms with E-state index in [9.17, 15) is 9.90 Å². The summed E-state index contributed by atoms with van der Waals surface area (Å²) in [7, 11) is 0. The Kier molecular flexibility index (Phi) is 5.00. The van der Waals surface area contributed by atoms with Crippen molar-refractivity contribution in [1.29, 1.82) is 0 Å². The summed E-state index contributed by atoms with van der Waals surface area (Å²) in [6.45, 7) is 4.30. The molecule has 0 saturated heterocycles. The minimum Gasteiger partial charge on any atom is -0.391 e. The molecule has 3 atom stereocenters. The lowest BCUT2D eigenvalue weighted by Gasteiger charge is -2.24. The van der Waals surface area contributed by atoms with Crippen LogP contribution in [0.1, 0.15) is 37.9 Å². The second-order valence-electron chi connectivity index (χ2n) is 5.62. The van der Waals surface area contributed by atoms with Crippen LogP contribution in [0.3, 0.4) is 0 Å². The Morgan fingerprint density at radius 1 is 1.65 bits per heavy atom. The molecule has 0 radical (unpaired) electrons. The number of hydrogen-bond acceptors (Lipinski definition) is 3. The summed E-state index contributed by atoms with van der Waals surface area (Å²) >= 11 is 0. The number of fused-ring (bicyclic) bond motifs is 1. The van der Waals surface area contributed by atoms with Gasteiger partial charge in [0.2, 0.25) is 0 Å². The Labute approximate surface area is 119 Å². The first-order valence-electron chi connectivity index (χ1n) is 7.33. The number of H-pyrrole nitrogens is 1. The van der Waals surface area contributed by atoms with Crippen molar-refractivity contribution in [2.45, 2.75) is 51.7 Å². The Hall–Kier alpha value is -1.56. The van der Waals surface area contributed by atoms with Gasteiger partial charge >= 0.3 is 6.03 Å². The summed E-state index contributed by atoms with van der Waals surface area (Å²) in [6, 6.07) is -0.0647. The third kappa shape index (κ3) is 3.72. The number of carbonyl (C=O) groups excluding carboxylic acids is 1. The number of aliphatic hydroxyl groups excluding tert-OH is 1. The van der Waals surface area contributed by atoms with Gasteiger partial charge in [-0.15, -0.1) is 0 Å². The Morgan fingerprint density at radius 2 is 2.45 bits per heavy atom. The minimum absolute atomic E-state index is 0.140. The fourth-order valence-corrected chi connectivity index (χ4v) is 2.45. The largest absolute Gasteiger partial charge is 0.391 e. The second-order valence-corrected chi connectivity index (χ2v) is 5.62. The molecule has 1 aliphatic rings. The molecule has 1 aliphatic carbocycles. The molecular weight excluding hydrogens is 256 g/mol. The molecule has 2 amide bonds. The number of aromatic amines is 1. The second kappa shape index (κ2) is 6.74. The molecule has 6 heteroatoms. The molecule has 0 aromatic carbocycles. The molecule has 0 spiro atoms. The first-order valence-corrected chi connectivity index (χ1v) is 7.33. The normalized spacial score (nSPS) is 20.9. The molecule has 4 N–H and O–H groups in total. The highest BCUT2D eigenvalue weighted by Gasteiger charge is 2.21. The van der Waals surface area contributed by atoms with Crippen molar-refractivity contribution < 1.29 is 9.90 Å². The van der Waals surface area contributed by atoms with Crippen molar-refractivity contribution in [2.24, 2.45) is 5.92 Å². The van der Waals surface area contributed by atoms with Crippen molar-refractivity contribution in [1.82, 2.24) is 20.8 Å². The van der Waals surface area contributed by atoms with Crippen LogP contribution in [0.4, 0.5) is 4.79 Å². The summed E-state index contributed by atoms with van der Waals surface area (Å²) in [5.74, 6) is 0.193. The van der Waals surface area contributed by atoms with Crippen LogP contribution < -0.4 is 10.6 Å². The van der Waals surface area contributed by atoms with Crippen molar-refractivity contribution >= 4 is 6.03 Å². The quantitative estimate of drug-likeness (QED) is 0.648. The van der Waals surface area contributed by atoms with Crippen molar-refractivity contribution in [3.63, 3.8) is 0 Å². The average molecular weight is 280 g/mol. The first kappa shape index (κ1) is 14.8. The van der Waals surface area contributed by atoms with Crippen molar-refractivity contribution in [2.75, 3.05) is 6.54 Å². The molecule has 0 aliphatic heterocycles. The predicted octanol–water partition coefficient (Wildman–Crippen LogP) is 0.973. The average Bonchev–Trinajstić information content (AvgIpc) is 2.91. The van der Waals surface area contributed by atoms with Crippen LogP contribution in [-0.2, 0) is 12.8 Å². The number of urea groups is 1. The van der Waals surface area contributed by atoms with E-state index in [1.165, 1.54) is 11.3 Å². The lowest BCUT2D eigenvalue weighted by Crippen LogP contribution is -2.47. The molecule has 1 aromatic heterocycles. The number of nitrogens with zero attached hydrogens (tertiary/aromatic N) is 1. The van der Waals surface area contributed by atoms with Crippen LogP contribution in [0.25, 0.3) is 0 Å². The van der Waals surface area contributed by atoms with E-state index in [1.54, 1.807) is 0 Å². The third-order valence-electron chi connectivity index (χ3n) is 4.12. The standard InChI is InChI=1S/C14H24N4O2/c1-3-9(2)13(19)8-15-14(20)17-11-4-5-12-10(6-11)7-16-18-12/h7,9,11,13,19H,3-6,8H2,1-2H3,(H,16,18)(H2,15,17,20). The first-order chi connectivity index (χ1) is 9.60. The maximum atomic E-state index is 11.8. The maximum Gasteiger partial charge on any atom is 0.315 e. The number of aromatic nitrogens is 2. The van der Waals surface area contributed by atoms with Gasteiger partial charge in [0.05, 0.1) is 12.3 Å². The lowest BCUT2D eigenvalue weighted by molar-refractivity contribution is 0.114. The molecular formula is C14H24N4O2. The van der Waals surface area contributed by atoms with Gasteiger partial charge in [-0.3, -0.25) is 5.10 Å². The highest BCUT2D eigenvalue weighted by atomic mass is 16.3. The molecule has 0 fully saturated rings. The molecule has 6 nitrogen and oxygen atoms in total. The van der Waals surface area contributed by atoms with Crippen LogP contribution in [0, 0.1) is 5.92 Å². The summed E-state index contributed by atoms with van der Waals surface area (Å²) in [4.78, 5) is 11.8. The van der Waals surface area contributed by atoms with E-state index >= 15 is 0 Å².